The number of anilines is 3. The van der Waals surface area contributed by atoms with E-state index in [1.165, 1.54) is 24.3 Å². The molecule has 7 nitrogen and oxygen atoms in total. The molecule has 10 heteroatoms. The van der Waals surface area contributed by atoms with E-state index >= 15 is 0 Å². The fraction of sp³-hybridized carbons (Fsp3) is 0.435. The number of unbranched alkanes of at least 4 members (excludes halogenated alkanes) is 1. The Hall–Kier alpha value is -2.46. The van der Waals surface area contributed by atoms with Crippen LogP contribution in [0.5, 0.6) is 0 Å². The molecule has 33 heavy (non-hydrogen) atoms. The Balaban J connectivity index is 1.59. The first-order valence-electron chi connectivity index (χ1n) is 11.0. The molecule has 1 aromatic heterocycles. The van der Waals surface area contributed by atoms with E-state index in [1.807, 2.05) is 21.6 Å². The third-order valence-electron chi connectivity index (χ3n) is 4.96. The SMILES string of the molecule is CCOC(=O)Nc1ccc(NCc2ccc(F)cc2)nc1NC(=O)CCCC[C@@H]1CCSS1. The number of pyridine rings is 1. The number of benzene rings is 1. The molecule has 0 unspecified atom stereocenters. The van der Waals surface area contributed by atoms with Crippen LogP contribution < -0.4 is 16.0 Å². The van der Waals surface area contributed by atoms with E-state index < -0.39 is 6.09 Å². The number of aromatic nitrogens is 1. The number of hydrogen-bond donors (Lipinski definition) is 3. The second-order valence-corrected chi connectivity index (χ2v) is 10.3. The van der Waals surface area contributed by atoms with Crippen LogP contribution in [0.25, 0.3) is 0 Å². The minimum absolute atomic E-state index is 0.154. The van der Waals surface area contributed by atoms with Crippen LogP contribution in [0, 0.1) is 5.82 Å². The highest BCUT2D eigenvalue weighted by Gasteiger charge is 2.17. The molecule has 1 fully saturated rings. The molecule has 1 aliphatic heterocycles. The Labute approximate surface area is 201 Å². The lowest BCUT2D eigenvalue weighted by Gasteiger charge is -2.14. The largest absolute Gasteiger partial charge is 0.450 e. The van der Waals surface area contributed by atoms with Gasteiger partial charge in [-0.15, -0.1) is 0 Å². The fourth-order valence-electron chi connectivity index (χ4n) is 3.24. The second kappa shape index (κ2) is 13.3. The van der Waals surface area contributed by atoms with Crippen molar-refractivity contribution in [3.05, 3.63) is 47.8 Å². The number of halogens is 1. The van der Waals surface area contributed by atoms with Gasteiger partial charge in [0.1, 0.15) is 11.6 Å². The number of nitrogens with one attached hydrogen (secondary N) is 3. The zero-order chi connectivity index (χ0) is 23.5. The summed E-state index contributed by atoms with van der Waals surface area (Å²) in [5, 5.41) is 9.28. The molecule has 1 saturated heterocycles. The first kappa shape index (κ1) is 25.2. The molecular weight excluding hydrogens is 463 g/mol. The molecule has 0 bridgehead atoms. The zero-order valence-electron chi connectivity index (χ0n) is 18.6. The Bertz CT molecular complexity index is 924. The van der Waals surface area contributed by atoms with E-state index in [4.69, 9.17) is 4.74 Å². The first-order chi connectivity index (χ1) is 16.0. The highest BCUT2D eigenvalue weighted by molar-refractivity contribution is 8.77. The van der Waals surface area contributed by atoms with Crippen LogP contribution in [0.4, 0.5) is 26.5 Å². The molecule has 3 N–H and O–H groups in total. The predicted molar refractivity (Wildman–Crippen MR) is 134 cm³/mol. The van der Waals surface area contributed by atoms with Gasteiger partial charge in [0.15, 0.2) is 5.82 Å². The summed E-state index contributed by atoms with van der Waals surface area (Å²) in [7, 11) is 3.87. The summed E-state index contributed by atoms with van der Waals surface area (Å²) in [5.74, 6) is 1.53. The van der Waals surface area contributed by atoms with Gasteiger partial charge in [-0.1, -0.05) is 40.1 Å². The number of carbonyl (C=O) groups is 2. The minimum Gasteiger partial charge on any atom is -0.450 e. The monoisotopic (exact) mass is 492 g/mol. The van der Waals surface area contributed by atoms with E-state index in [0.29, 0.717) is 29.7 Å². The lowest BCUT2D eigenvalue weighted by molar-refractivity contribution is -0.116. The second-order valence-electron chi connectivity index (χ2n) is 7.54. The number of nitrogens with zero attached hydrogens (tertiary/aromatic N) is 1. The molecule has 2 aromatic rings. The zero-order valence-corrected chi connectivity index (χ0v) is 20.2. The quantitative estimate of drug-likeness (QED) is 0.260. The van der Waals surface area contributed by atoms with Crippen LogP contribution in [-0.2, 0) is 16.1 Å². The van der Waals surface area contributed by atoms with Crippen LogP contribution in [0.3, 0.4) is 0 Å². The van der Waals surface area contributed by atoms with Gasteiger partial charge >= 0.3 is 6.09 Å². The van der Waals surface area contributed by atoms with Crippen molar-refractivity contribution in [3.8, 4) is 0 Å². The highest BCUT2D eigenvalue weighted by Crippen LogP contribution is 2.39. The van der Waals surface area contributed by atoms with Gasteiger partial charge in [0, 0.05) is 24.0 Å². The van der Waals surface area contributed by atoms with Gasteiger partial charge in [-0.3, -0.25) is 10.1 Å². The van der Waals surface area contributed by atoms with E-state index in [-0.39, 0.29) is 24.1 Å². The van der Waals surface area contributed by atoms with E-state index in [2.05, 4.69) is 20.9 Å². The van der Waals surface area contributed by atoms with E-state index in [1.54, 1.807) is 31.2 Å². The maximum absolute atomic E-state index is 13.1. The number of ether oxygens (including phenoxy) is 1. The number of carbonyl (C=O) groups excluding carboxylic acids is 2. The highest BCUT2D eigenvalue weighted by atomic mass is 33.1. The maximum atomic E-state index is 13.1. The standard InChI is InChI=1S/C23H29FN4O3S2/c1-2-31-23(30)26-19-11-12-20(25-15-16-7-9-17(24)10-8-16)27-22(19)28-21(29)6-4-3-5-18-13-14-32-33-18/h7-12,18H,2-6,13-15H2,1H3,(H,26,30)(H2,25,27,28,29)/t18-/m1/s1. The summed E-state index contributed by atoms with van der Waals surface area (Å²) in [4.78, 5) is 28.9. The van der Waals surface area contributed by atoms with Crippen LogP contribution >= 0.6 is 21.6 Å². The summed E-state index contributed by atoms with van der Waals surface area (Å²) < 4.78 is 18.0. The maximum Gasteiger partial charge on any atom is 0.411 e. The van der Waals surface area contributed by atoms with Gasteiger partial charge in [-0.25, -0.2) is 14.2 Å². The average molecular weight is 493 g/mol. The fourth-order valence-corrected chi connectivity index (χ4v) is 6.27. The minimum atomic E-state index is -0.617. The lowest BCUT2D eigenvalue weighted by Crippen LogP contribution is -2.18. The molecule has 3 rings (SSSR count). The summed E-state index contributed by atoms with van der Waals surface area (Å²) in [5.41, 5.74) is 1.24. The Kier molecular flexibility index (Phi) is 10.1. The van der Waals surface area contributed by atoms with Crippen molar-refractivity contribution in [2.75, 3.05) is 28.3 Å². The molecule has 1 atom stereocenters. The first-order valence-corrected chi connectivity index (χ1v) is 13.4. The van der Waals surface area contributed by atoms with Crippen LogP contribution in [0.15, 0.2) is 36.4 Å². The molecule has 0 saturated carbocycles. The van der Waals surface area contributed by atoms with Crippen molar-refractivity contribution in [2.45, 2.75) is 50.8 Å². The molecular formula is C23H29FN4O3S2. The van der Waals surface area contributed by atoms with Crippen LogP contribution in [0.1, 0.15) is 44.6 Å². The van der Waals surface area contributed by atoms with Gasteiger partial charge in [0.2, 0.25) is 5.91 Å². The smallest absolute Gasteiger partial charge is 0.411 e. The lowest BCUT2D eigenvalue weighted by atomic mass is 10.1. The molecule has 0 radical (unpaired) electrons. The summed E-state index contributed by atoms with van der Waals surface area (Å²) in [6.07, 6.45) is 3.95. The van der Waals surface area contributed by atoms with Gasteiger partial charge in [0.05, 0.1) is 12.3 Å². The Morgan fingerprint density at radius 2 is 1.97 bits per heavy atom. The third-order valence-corrected chi connectivity index (χ3v) is 7.97. The van der Waals surface area contributed by atoms with Crippen molar-refractivity contribution in [3.63, 3.8) is 0 Å². The molecule has 2 amide bonds. The predicted octanol–water partition coefficient (Wildman–Crippen LogP) is 6.05. The Morgan fingerprint density at radius 3 is 2.70 bits per heavy atom. The van der Waals surface area contributed by atoms with Crippen molar-refractivity contribution >= 4 is 50.9 Å². The van der Waals surface area contributed by atoms with Crippen molar-refractivity contribution in [2.24, 2.45) is 0 Å². The molecule has 1 aromatic carbocycles. The van der Waals surface area contributed by atoms with Gasteiger partial charge in [-0.05, 0) is 56.0 Å². The molecule has 0 aliphatic carbocycles. The van der Waals surface area contributed by atoms with Gasteiger partial charge < -0.3 is 15.4 Å². The topological polar surface area (TPSA) is 92.3 Å². The number of hydrogen-bond acceptors (Lipinski definition) is 7. The summed E-state index contributed by atoms with van der Waals surface area (Å²) >= 11 is 0. The Morgan fingerprint density at radius 1 is 1.15 bits per heavy atom. The van der Waals surface area contributed by atoms with Crippen molar-refractivity contribution in [1.82, 2.24) is 4.98 Å². The van der Waals surface area contributed by atoms with E-state index in [0.717, 1.165) is 24.8 Å². The third kappa shape index (κ3) is 8.77. The molecule has 1 aliphatic rings. The van der Waals surface area contributed by atoms with Crippen molar-refractivity contribution < 1.29 is 18.7 Å². The van der Waals surface area contributed by atoms with Gasteiger partial charge in [-0.2, -0.15) is 0 Å². The molecule has 0 spiro atoms. The van der Waals surface area contributed by atoms with Crippen molar-refractivity contribution in [1.29, 1.82) is 0 Å². The van der Waals surface area contributed by atoms with Crippen LogP contribution in [-0.4, -0.2) is 34.6 Å². The average Bonchev–Trinajstić information content (AvgIpc) is 3.32. The summed E-state index contributed by atoms with van der Waals surface area (Å²) in [6, 6.07) is 9.51. The number of rotatable bonds is 11. The normalized spacial score (nSPS) is 15.2. The molecule has 178 valence electrons. The van der Waals surface area contributed by atoms with E-state index in [9.17, 15) is 14.0 Å². The molecule has 2 heterocycles. The van der Waals surface area contributed by atoms with Crippen LogP contribution in [0.2, 0.25) is 0 Å². The van der Waals surface area contributed by atoms with Gasteiger partial charge in [0.25, 0.3) is 0 Å². The number of amides is 2. The summed E-state index contributed by atoms with van der Waals surface area (Å²) in [6.45, 7) is 2.38.